The molecule has 3 heteroatoms. The Labute approximate surface area is 97.3 Å². The van der Waals surface area contributed by atoms with E-state index in [2.05, 4.69) is 32.9 Å². The van der Waals surface area contributed by atoms with Gasteiger partial charge < -0.3 is 4.98 Å². The predicted molar refractivity (Wildman–Crippen MR) is 69.3 cm³/mol. The van der Waals surface area contributed by atoms with Crippen LogP contribution in [0.25, 0.3) is 23.2 Å². The number of nitrogens with one attached hydrogen (secondary N) is 1. The molecule has 0 aliphatic rings. The van der Waals surface area contributed by atoms with Crippen molar-refractivity contribution in [3.8, 4) is 0 Å². The molecule has 0 atom stereocenters. The fourth-order valence-corrected chi connectivity index (χ4v) is 2.22. The van der Waals surface area contributed by atoms with Crippen LogP contribution in [0.5, 0.6) is 0 Å². The number of aromatic amines is 1. The lowest BCUT2D eigenvalue weighted by Gasteiger charge is -1.83. The summed E-state index contributed by atoms with van der Waals surface area (Å²) in [5.74, 6) is 0.896. The third kappa shape index (κ3) is 1.77. The summed E-state index contributed by atoms with van der Waals surface area (Å²) < 4.78 is 0. The molecule has 0 saturated carbocycles. The fraction of sp³-hybridized carbons (Fsp3) is 0. The number of nitrogens with zero attached hydrogens (tertiary/aromatic N) is 1. The molecule has 0 aliphatic heterocycles. The summed E-state index contributed by atoms with van der Waals surface area (Å²) in [4.78, 5) is 7.74. The van der Waals surface area contributed by atoms with Crippen LogP contribution in [0.4, 0.5) is 0 Å². The van der Waals surface area contributed by atoms with Gasteiger partial charge in [-0.1, -0.05) is 18.2 Å². The molecule has 0 saturated heterocycles. The van der Waals surface area contributed by atoms with Crippen molar-refractivity contribution in [3.05, 3.63) is 52.5 Å². The molecular weight excluding hydrogens is 216 g/mol. The number of hydrogen-bond donors (Lipinski definition) is 1. The van der Waals surface area contributed by atoms with Gasteiger partial charge in [-0.2, -0.15) is 11.3 Å². The highest BCUT2D eigenvalue weighted by Gasteiger charge is 1.97. The molecule has 2 nitrogen and oxygen atoms in total. The van der Waals surface area contributed by atoms with Crippen molar-refractivity contribution >= 4 is 34.5 Å². The van der Waals surface area contributed by atoms with E-state index >= 15 is 0 Å². The van der Waals surface area contributed by atoms with Crippen LogP contribution < -0.4 is 0 Å². The second kappa shape index (κ2) is 3.94. The number of aromatic nitrogens is 2. The van der Waals surface area contributed by atoms with Gasteiger partial charge in [0, 0.05) is 0 Å². The van der Waals surface area contributed by atoms with Crippen molar-refractivity contribution in [3.63, 3.8) is 0 Å². The smallest absolute Gasteiger partial charge is 0.131 e. The van der Waals surface area contributed by atoms with Crippen molar-refractivity contribution in [2.75, 3.05) is 0 Å². The van der Waals surface area contributed by atoms with E-state index in [1.54, 1.807) is 11.3 Å². The van der Waals surface area contributed by atoms with Crippen LogP contribution in [0.1, 0.15) is 11.4 Å². The largest absolute Gasteiger partial charge is 0.338 e. The molecular formula is C13H10N2S. The van der Waals surface area contributed by atoms with E-state index in [-0.39, 0.29) is 0 Å². The van der Waals surface area contributed by atoms with Gasteiger partial charge in [-0.15, -0.1) is 0 Å². The standard InChI is InChI=1S/C13H10N2S/c1-2-4-12-11(3-1)14-13(15-12)6-5-10-7-8-16-9-10/h1-9H,(H,14,15). The van der Waals surface area contributed by atoms with Gasteiger partial charge in [-0.05, 0) is 40.6 Å². The third-order valence-corrected chi connectivity index (χ3v) is 3.09. The Kier molecular flexibility index (Phi) is 2.31. The first-order chi connectivity index (χ1) is 7.92. The van der Waals surface area contributed by atoms with Gasteiger partial charge in [0.25, 0.3) is 0 Å². The Bertz CT molecular complexity index is 587. The highest BCUT2D eigenvalue weighted by Crippen LogP contribution is 2.13. The van der Waals surface area contributed by atoms with E-state index < -0.39 is 0 Å². The number of benzene rings is 1. The van der Waals surface area contributed by atoms with Crippen LogP contribution >= 0.6 is 11.3 Å². The topological polar surface area (TPSA) is 28.7 Å². The number of fused-ring (bicyclic) bond motifs is 1. The fourth-order valence-electron chi connectivity index (χ4n) is 1.60. The molecule has 1 aromatic carbocycles. The van der Waals surface area contributed by atoms with Crippen LogP contribution in [0.3, 0.4) is 0 Å². The normalized spacial score (nSPS) is 11.5. The lowest BCUT2D eigenvalue weighted by Crippen LogP contribution is -1.72. The molecule has 16 heavy (non-hydrogen) atoms. The third-order valence-electron chi connectivity index (χ3n) is 2.38. The zero-order chi connectivity index (χ0) is 10.8. The predicted octanol–water partition coefficient (Wildman–Crippen LogP) is 3.79. The van der Waals surface area contributed by atoms with E-state index in [9.17, 15) is 0 Å². The molecule has 2 heterocycles. The maximum absolute atomic E-state index is 4.47. The second-order valence-electron chi connectivity index (χ2n) is 3.53. The van der Waals surface area contributed by atoms with Crippen molar-refractivity contribution in [2.24, 2.45) is 0 Å². The molecule has 3 aromatic rings. The number of imidazole rings is 1. The number of hydrogen-bond acceptors (Lipinski definition) is 2. The van der Waals surface area contributed by atoms with Crippen molar-refractivity contribution in [1.29, 1.82) is 0 Å². The maximum atomic E-state index is 4.47. The average Bonchev–Trinajstić information content (AvgIpc) is 2.95. The van der Waals surface area contributed by atoms with Crippen molar-refractivity contribution in [2.45, 2.75) is 0 Å². The van der Waals surface area contributed by atoms with Crippen LogP contribution in [0.2, 0.25) is 0 Å². The van der Waals surface area contributed by atoms with E-state index in [0.29, 0.717) is 0 Å². The minimum Gasteiger partial charge on any atom is -0.338 e. The van der Waals surface area contributed by atoms with Gasteiger partial charge in [0.1, 0.15) is 5.82 Å². The number of H-pyrrole nitrogens is 1. The summed E-state index contributed by atoms with van der Waals surface area (Å²) >= 11 is 1.70. The van der Waals surface area contributed by atoms with Gasteiger partial charge in [-0.3, -0.25) is 0 Å². The number of rotatable bonds is 2. The zero-order valence-corrected chi connectivity index (χ0v) is 9.37. The average molecular weight is 226 g/mol. The maximum Gasteiger partial charge on any atom is 0.131 e. The molecule has 0 radical (unpaired) electrons. The zero-order valence-electron chi connectivity index (χ0n) is 8.55. The van der Waals surface area contributed by atoms with E-state index in [4.69, 9.17) is 0 Å². The Balaban J connectivity index is 1.95. The molecule has 2 aromatic heterocycles. The Hall–Kier alpha value is -1.87. The molecule has 0 spiro atoms. The van der Waals surface area contributed by atoms with Crippen LogP contribution in [0.15, 0.2) is 41.1 Å². The minimum atomic E-state index is 0.896. The summed E-state index contributed by atoms with van der Waals surface area (Å²) in [5.41, 5.74) is 3.30. The summed E-state index contributed by atoms with van der Waals surface area (Å²) in [7, 11) is 0. The molecule has 0 fully saturated rings. The highest BCUT2D eigenvalue weighted by atomic mass is 32.1. The summed E-state index contributed by atoms with van der Waals surface area (Å²) in [6, 6.07) is 10.1. The van der Waals surface area contributed by atoms with Crippen LogP contribution in [0, 0.1) is 0 Å². The molecule has 3 rings (SSSR count). The summed E-state index contributed by atoms with van der Waals surface area (Å²) in [6.07, 6.45) is 4.07. The highest BCUT2D eigenvalue weighted by molar-refractivity contribution is 7.08. The first-order valence-electron chi connectivity index (χ1n) is 5.07. The Morgan fingerprint density at radius 3 is 2.88 bits per heavy atom. The molecule has 0 unspecified atom stereocenters. The lowest BCUT2D eigenvalue weighted by molar-refractivity contribution is 1.29. The van der Waals surface area contributed by atoms with Crippen molar-refractivity contribution in [1.82, 2.24) is 9.97 Å². The van der Waals surface area contributed by atoms with Gasteiger partial charge >= 0.3 is 0 Å². The Morgan fingerprint density at radius 2 is 2.06 bits per heavy atom. The second-order valence-corrected chi connectivity index (χ2v) is 4.31. The van der Waals surface area contributed by atoms with Gasteiger partial charge in [0.2, 0.25) is 0 Å². The first-order valence-corrected chi connectivity index (χ1v) is 6.01. The molecule has 0 bridgehead atoms. The summed E-state index contributed by atoms with van der Waals surface area (Å²) in [5, 5.41) is 4.18. The molecule has 0 aliphatic carbocycles. The molecule has 0 amide bonds. The SMILES string of the molecule is C(=Cc1nc2ccccc2[nH]1)c1ccsc1. The van der Waals surface area contributed by atoms with E-state index in [1.165, 1.54) is 5.56 Å². The monoisotopic (exact) mass is 226 g/mol. The van der Waals surface area contributed by atoms with Crippen molar-refractivity contribution < 1.29 is 0 Å². The molecule has 78 valence electrons. The van der Waals surface area contributed by atoms with Gasteiger partial charge in [0.05, 0.1) is 11.0 Å². The Morgan fingerprint density at radius 1 is 1.12 bits per heavy atom. The van der Waals surface area contributed by atoms with Gasteiger partial charge in [0.15, 0.2) is 0 Å². The van der Waals surface area contributed by atoms with Gasteiger partial charge in [-0.25, -0.2) is 4.98 Å². The minimum absolute atomic E-state index is 0.896. The number of thiophene rings is 1. The van der Waals surface area contributed by atoms with Crippen LogP contribution in [-0.2, 0) is 0 Å². The number of para-hydroxylation sites is 2. The lowest BCUT2D eigenvalue weighted by atomic mass is 10.3. The molecule has 1 N–H and O–H groups in total. The quantitative estimate of drug-likeness (QED) is 0.707. The van der Waals surface area contributed by atoms with E-state index in [0.717, 1.165) is 16.9 Å². The van der Waals surface area contributed by atoms with Crippen LogP contribution in [-0.4, -0.2) is 9.97 Å². The van der Waals surface area contributed by atoms with E-state index in [1.807, 2.05) is 30.3 Å². The first kappa shape index (κ1) is 9.36. The summed E-state index contributed by atoms with van der Waals surface area (Å²) in [6.45, 7) is 0.